The highest BCUT2D eigenvalue weighted by Gasteiger charge is 2.24. The molecule has 8 nitrogen and oxygen atoms in total. The number of fused-ring (bicyclic) bond motifs is 1. The smallest absolute Gasteiger partial charge is 0.250 e. The Morgan fingerprint density at radius 3 is 2.51 bits per heavy atom. The number of primary amides is 1. The van der Waals surface area contributed by atoms with Gasteiger partial charge in [-0.2, -0.15) is 5.10 Å². The lowest BCUT2D eigenvalue weighted by atomic mass is 9.90. The molecular formula is C26H26N4O4S. The molecule has 35 heavy (non-hydrogen) atoms. The average molecular weight is 491 g/mol. The van der Waals surface area contributed by atoms with Gasteiger partial charge in [-0.25, -0.2) is 13.1 Å². The maximum absolute atomic E-state index is 11.7. The zero-order valence-corrected chi connectivity index (χ0v) is 19.9. The fourth-order valence-corrected chi connectivity index (χ4v) is 5.40. The molecule has 1 aliphatic rings. The molecule has 0 bridgehead atoms. The van der Waals surface area contributed by atoms with Crippen LogP contribution in [0.1, 0.15) is 40.2 Å². The van der Waals surface area contributed by atoms with Gasteiger partial charge in [0.1, 0.15) is 22.2 Å². The van der Waals surface area contributed by atoms with Crippen LogP contribution in [0, 0.1) is 0 Å². The number of hydrogen-bond acceptors (Lipinski definition) is 5. The molecule has 3 aromatic carbocycles. The van der Waals surface area contributed by atoms with Crippen LogP contribution in [0.3, 0.4) is 0 Å². The second kappa shape index (κ2) is 9.26. The van der Waals surface area contributed by atoms with E-state index in [0.29, 0.717) is 17.0 Å². The van der Waals surface area contributed by atoms with E-state index < -0.39 is 16.0 Å². The number of rotatable bonds is 6. The summed E-state index contributed by atoms with van der Waals surface area (Å²) in [5.41, 5.74) is 9.69. The number of nitrogens with one attached hydrogen (secondary N) is 1. The Bertz CT molecular complexity index is 1480. The standard InChI is InChI=1S/C26H26N4O4S/c27-26(31)24-5-1-3-21-17-30(28-25(21)24)22-10-8-19(9-11-22)20-4-2-14-29(16-20)15-18-6-12-23(13-7-18)35(32,33)34/h1,3,5-13,17,20H,2,4,14-16H2,(H2,27,31)(H,32,33,34)/t20-/m1/s1. The van der Waals surface area contributed by atoms with Crippen molar-refractivity contribution in [3.63, 3.8) is 0 Å². The zero-order valence-electron chi connectivity index (χ0n) is 19.1. The van der Waals surface area contributed by atoms with Gasteiger partial charge in [0.25, 0.3) is 5.91 Å². The minimum atomic E-state index is -4.42. The molecule has 2 atom stereocenters. The quantitative estimate of drug-likeness (QED) is 0.400. The van der Waals surface area contributed by atoms with E-state index in [1.54, 1.807) is 28.9 Å². The molecule has 1 aliphatic heterocycles. The van der Waals surface area contributed by atoms with Crippen molar-refractivity contribution in [2.75, 3.05) is 13.1 Å². The molecule has 4 aromatic rings. The Hall–Kier alpha value is -3.53. The molecule has 0 spiro atoms. The fraction of sp³-hybridized carbons (Fsp3) is 0.231. The van der Waals surface area contributed by atoms with Gasteiger partial charge in [-0.1, -0.05) is 36.4 Å². The molecule has 0 saturated carbocycles. The monoisotopic (exact) mass is 490 g/mol. The van der Waals surface area contributed by atoms with Crippen molar-refractivity contribution >= 4 is 26.9 Å². The van der Waals surface area contributed by atoms with Gasteiger partial charge in [-0.05, 0) is 48.7 Å². The van der Waals surface area contributed by atoms with Crippen molar-refractivity contribution in [1.29, 1.82) is 0 Å². The van der Waals surface area contributed by atoms with Gasteiger partial charge < -0.3 is 15.2 Å². The predicted molar refractivity (Wildman–Crippen MR) is 130 cm³/mol. The molecule has 1 unspecified atom stereocenters. The number of hydrogen-bond donors (Lipinski definition) is 2. The summed E-state index contributed by atoms with van der Waals surface area (Å²) in [6.07, 6.45) is 4.12. The van der Waals surface area contributed by atoms with E-state index in [1.165, 1.54) is 22.6 Å². The molecule has 0 aliphatic carbocycles. The van der Waals surface area contributed by atoms with E-state index in [4.69, 9.17) is 5.73 Å². The number of benzene rings is 3. The lowest BCUT2D eigenvalue weighted by Crippen LogP contribution is -3.12. The summed E-state index contributed by atoms with van der Waals surface area (Å²) in [7, 11) is -4.42. The first-order chi connectivity index (χ1) is 16.8. The molecule has 2 heterocycles. The number of aromatic nitrogens is 2. The van der Waals surface area contributed by atoms with Gasteiger partial charge in [0.15, 0.2) is 0 Å². The van der Waals surface area contributed by atoms with Crippen LogP contribution in [0.15, 0.2) is 77.8 Å². The Morgan fingerprint density at radius 2 is 1.83 bits per heavy atom. The largest absolute Gasteiger partial charge is 0.744 e. The fourth-order valence-electron chi connectivity index (χ4n) is 4.93. The van der Waals surface area contributed by atoms with Crippen LogP contribution in [0.5, 0.6) is 0 Å². The van der Waals surface area contributed by atoms with E-state index in [0.717, 1.165) is 49.1 Å². The maximum Gasteiger partial charge on any atom is 0.250 e. The van der Waals surface area contributed by atoms with Crippen molar-refractivity contribution < 1.29 is 22.7 Å². The lowest BCUT2D eigenvalue weighted by molar-refractivity contribution is -0.920. The normalized spacial score (nSPS) is 18.5. The van der Waals surface area contributed by atoms with Gasteiger partial charge in [0.05, 0.1) is 29.2 Å². The van der Waals surface area contributed by atoms with Gasteiger partial charge in [-0.15, -0.1) is 0 Å². The molecule has 1 saturated heterocycles. The summed E-state index contributed by atoms with van der Waals surface area (Å²) in [6, 6.07) is 20.0. The molecule has 5 rings (SSSR count). The lowest BCUT2D eigenvalue weighted by Gasteiger charge is -2.30. The minimum absolute atomic E-state index is 0.191. The molecule has 1 fully saturated rings. The van der Waals surface area contributed by atoms with Crippen LogP contribution < -0.4 is 10.6 Å². The number of nitrogens with zero attached hydrogens (tertiary/aromatic N) is 2. The first kappa shape index (κ1) is 23.2. The number of carbonyl (C=O) groups excluding carboxylic acids is 1. The first-order valence-corrected chi connectivity index (χ1v) is 13.0. The molecule has 180 valence electrons. The van der Waals surface area contributed by atoms with Crippen molar-refractivity contribution in [3.05, 3.63) is 89.6 Å². The molecule has 9 heteroatoms. The SMILES string of the molecule is NC(=O)c1cccc2cn(-c3ccc([C@@H]4CCC[NH+](Cc5ccc(S(=O)(=O)[O-])cc5)C4)cc3)nc12. The van der Waals surface area contributed by atoms with E-state index in [-0.39, 0.29) is 4.90 Å². The van der Waals surface area contributed by atoms with Crippen LogP contribution >= 0.6 is 0 Å². The molecular weight excluding hydrogens is 464 g/mol. The molecule has 3 N–H and O–H groups in total. The second-order valence-corrected chi connectivity index (χ2v) is 10.5. The summed E-state index contributed by atoms with van der Waals surface area (Å²) in [5, 5.41) is 5.44. The van der Waals surface area contributed by atoms with Crippen LogP contribution in [-0.4, -0.2) is 41.7 Å². The third kappa shape index (κ3) is 4.97. The Balaban J connectivity index is 1.29. The first-order valence-electron chi connectivity index (χ1n) is 11.5. The van der Waals surface area contributed by atoms with E-state index in [9.17, 15) is 17.8 Å². The van der Waals surface area contributed by atoms with Gasteiger partial charge in [-0.3, -0.25) is 4.79 Å². The van der Waals surface area contributed by atoms with Crippen LogP contribution in [0.4, 0.5) is 0 Å². The Kier molecular flexibility index (Phi) is 6.14. The topological polar surface area (TPSA) is 123 Å². The third-order valence-corrected chi connectivity index (χ3v) is 7.56. The van der Waals surface area contributed by atoms with Gasteiger partial charge in [0.2, 0.25) is 0 Å². The van der Waals surface area contributed by atoms with E-state index in [1.807, 2.05) is 24.4 Å². The number of piperidine rings is 1. The molecule has 1 amide bonds. The summed E-state index contributed by atoms with van der Waals surface area (Å²) in [6.45, 7) is 2.82. The highest BCUT2D eigenvalue weighted by molar-refractivity contribution is 7.85. The zero-order chi connectivity index (χ0) is 24.6. The summed E-state index contributed by atoms with van der Waals surface area (Å²) in [5.74, 6) is -0.0702. The Labute approximate surface area is 203 Å². The van der Waals surface area contributed by atoms with Crippen LogP contribution in [0.25, 0.3) is 16.6 Å². The number of quaternary nitrogens is 1. The number of likely N-dealkylation sites (tertiary alicyclic amines) is 1. The predicted octanol–water partition coefficient (Wildman–Crippen LogP) is 1.99. The van der Waals surface area contributed by atoms with E-state index >= 15 is 0 Å². The molecule has 0 radical (unpaired) electrons. The number of amides is 1. The number of carbonyl (C=O) groups is 1. The maximum atomic E-state index is 11.7. The van der Waals surface area contributed by atoms with Crippen molar-refractivity contribution in [2.45, 2.75) is 30.2 Å². The third-order valence-electron chi connectivity index (χ3n) is 6.71. The van der Waals surface area contributed by atoms with Gasteiger partial charge in [0, 0.05) is 23.1 Å². The number of nitrogens with two attached hydrogens (primary N) is 1. The van der Waals surface area contributed by atoms with E-state index in [2.05, 4.69) is 17.2 Å². The summed E-state index contributed by atoms with van der Waals surface area (Å²) in [4.78, 5) is 13.0. The second-order valence-electron chi connectivity index (χ2n) is 9.09. The summed E-state index contributed by atoms with van der Waals surface area (Å²) >= 11 is 0. The van der Waals surface area contributed by atoms with Crippen LogP contribution in [-0.2, 0) is 16.7 Å². The summed E-state index contributed by atoms with van der Waals surface area (Å²) < 4.78 is 35.2. The Morgan fingerprint density at radius 1 is 1.09 bits per heavy atom. The van der Waals surface area contributed by atoms with Crippen LogP contribution in [0.2, 0.25) is 0 Å². The highest BCUT2D eigenvalue weighted by atomic mass is 32.2. The molecule has 1 aromatic heterocycles. The highest BCUT2D eigenvalue weighted by Crippen LogP contribution is 2.24. The minimum Gasteiger partial charge on any atom is -0.744 e. The average Bonchev–Trinajstić information content (AvgIpc) is 3.28. The van der Waals surface area contributed by atoms with Crippen molar-refractivity contribution in [3.8, 4) is 5.69 Å². The van der Waals surface area contributed by atoms with Gasteiger partial charge >= 0.3 is 0 Å². The van der Waals surface area contributed by atoms with Crippen molar-refractivity contribution in [2.24, 2.45) is 5.73 Å². The van der Waals surface area contributed by atoms with Crippen molar-refractivity contribution in [1.82, 2.24) is 9.78 Å².